The van der Waals surface area contributed by atoms with E-state index in [2.05, 4.69) is 20.7 Å². The molecule has 0 spiro atoms. The van der Waals surface area contributed by atoms with Gasteiger partial charge in [-0.3, -0.25) is 9.67 Å². The number of nitrogens with zero attached hydrogens (tertiary/aromatic N) is 3. The summed E-state index contributed by atoms with van der Waals surface area (Å²) in [5, 5.41) is 20.9. The lowest BCUT2D eigenvalue weighted by atomic mass is 10.1. The van der Waals surface area contributed by atoms with Gasteiger partial charge in [-0.25, -0.2) is 0 Å². The molecule has 2 aromatic rings. The second-order valence-electron chi connectivity index (χ2n) is 5.56. The average molecular weight is 473 g/mol. The summed E-state index contributed by atoms with van der Waals surface area (Å²) in [5.74, 6) is 1.47. The number of methoxy groups -OCH3 is 1. The molecule has 3 N–H and O–H groups in total. The first-order chi connectivity index (χ1) is 12.2. The average Bonchev–Trinajstić information content (AvgIpc) is 3.16. The number of aliphatic hydroxyl groups excluding tert-OH is 1. The molecule has 0 bridgehead atoms. The van der Waals surface area contributed by atoms with Crippen molar-refractivity contribution in [2.75, 3.05) is 26.7 Å². The van der Waals surface area contributed by atoms with Crippen LogP contribution in [0.4, 0.5) is 0 Å². The number of aliphatic hydroxyl groups is 1. The van der Waals surface area contributed by atoms with Crippen LogP contribution in [0.1, 0.15) is 25.0 Å². The number of rotatable bonds is 9. The van der Waals surface area contributed by atoms with Gasteiger partial charge in [0.25, 0.3) is 0 Å². The van der Waals surface area contributed by atoms with Crippen LogP contribution in [0.15, 0.2) is 47.7 Å². The van der Waals surface area contributed by atoms with Gasteiger partial charge in [0.15, 0.2) is 5.96 Å². The molecular weight excluding hydrogens is 445 g/mol. The van der Waals surface area contributed by atoms with Gasteiger partial charge in [-0.15, -0.1) is 24.0 Å². The molecule has 0 saturated heterocycles. The lowest BCUT2D eigenvalue weighted by Crippen LogP contribution is -2.38. The molecule has 1 atom stereocenters. The van der Waals surface area contributed by atoms with Gasteiger partial charge in [-0.05, 0) is 37.1 Å². The van der Waals surface area contributed by atoms with Gasteiger partial charge in [0.2, 0.25) is 0 Å². The Hall–Kier alpha value is -1.81. The quantitative estimate of drug-likeness (QED) is 0.225. The Morgan fingerprint density at radius 1 is 1.31 bits per heavy atom. The van der Waals surface area contributed by atoms with Crippen LogP contribution in [0, 0.1) is 0 Å². The lowest BCUT2D eigenvalue weighted by Gasteiger charge is -2.13. The van der Waals surface area contributed by atoms with E-state index in [9.17, 15) is 5.11 Å². The van der Waals surface area contributed by atoms with Crippen molar-refractivity contribution in [1.82, 2.24) is 20.4 Å². The highest BCUT2D eigenvalue weighted by atomic mass is 127. The van der Waals surface area contributed by atoms with Gasteiger partial charge in [-0.1, -0.05) is 12.1 Å². The van der Waals surface area contributed by atoms with Crippen LogP contribution in [0.5, 0.6) is 5.75 Å². The monoisotopic (exact) mass is 473 g/mol. The molecule has 144 valence electrons. The fourth-order valence-corrected chi connectivity index (χ4v) is 2.33. The second kappa shape index (κ2) is 12.5. The molecule has 1 aromatic heterocycles. The first-order valence-electron chi connectivity index (χ1n) is 8.54. The van der Waals surface area contributed by atoms with E-state index in [4.69, 9.17) is 4.74 Å². The van der Waals surface area contributed by atoms with E-state index in [1.807, 2.05) is 48.1 Å². The van der Waals surface area contributed by atoms with Crippen molar-refractivity contribution < 1.29 is 9.84 Å². The Morgan fingerprint density at radius 3 is 2.69 bits per heavy atom. The summed E-state index contributed by atoms with van der Waals surface area (Å²) in [6.45, 7) is 4.71. The molecule has 0 saturated carbocycles. The molecule has 26 heavy (non-hydrogen) atoms. The number of hydrogen-bond donors (Lipinski definition) is 3. The summed E-state index contributed by atoms with van der Waals surface area (Å²) in [7, 11) is 1.62. The first-order valence-corrected chi connectivity index (χ1v) is 8.54. The highest BCUT2D eigenvalue weighted by Crippen LogP contribution is 2.17. The minimum Gasteiger partial charge on any atom is -0.497 e. The number of aromatic nitrogens is 2. The normalized spacial score (nSPS) is 12.2. The number of aryl methyl sites for hydroxylation is 1. The van der Waals surface area contributed by atoms with E-state index < -0.39 is 6.10 Å². The van der Waals surface area contributed by atoms with Crippen LogP contribution in [-0.2, 0) is 6.54 Å². The number of benzene rings is 1. The van der Waals surface area contributed by atoms with Crippen LogP contribution < -0.4 is 15.4 Å². The number of hydrogen-bond acceptors (Lipinski definition) is 4. The largest absolute Gasteiger partial charge is 0.497 e. The van der Waals surface area contributed by atoms with Gasteiger partial charge in [0.05, 0.1) is 19.8 Å². The van der Waals surface area contributed by atoms with Crippen LogP contribution >= 0.6 is 24.0 Å². The van der Waals surface area contributed by atoms with E-state index >= 15 is 0 Å². The molecule has 1 unspecified atom stereocenters. The van der Waals surface area contributed by atoms with Crippen molar-refractivity contribution in [2.45, 2.75) is 26.0 Å². The van der Waals surface area contributed by atoms with E-state index in [-0.39, 0.29) is 24.0 Å². The molecular formula is C18H28IN5O2. The zero-order valence-corrected chi connectivity index (χ0v) is 17.6. The molecule has 2 rings (SSSR count). The lowest BCUT2D eigenvalue weighted by molar-refractivity contribution is 0.187. The van der Waals surface area contributed by atoms with Crippen molar-refractivity contribution in [3.05, 3.63) is 48.3 Å². The van der Waals surface area contributed by atoms with Gasteiger partial charge >= 0.3 is 0 Å². The third kappa shape index (κ3) is 7.61. The summed E-state index contributed by atoms with van der Waals surface area (Å²) < 4.78 is 7.03. The topological polar surface area (TPSA) is 83.7 Å². The molecule has 0 aliphatic rings. The molecule has 0 aliphatic carbocycles. The predicted octanol–water partition coefficient (Wildman–Crippen LogP) is 2.19. The van der Waals surface area contributed by atoms with Crippen molar-refractivity contribution in [2.24, 2.45) is 4.99 Å². The summed E-state index contributed by atoms with van der Waals surface area (Å²) in [4.78, 5) is 4.46. The van der Waals surface area contributed by atoms with Gasteiger partial charge in [-0.2, -0.15) is 5.10 Å². The summed E-state index contributed by atoms with van der Waals surface area (Å²) in [6.07, 6.45) is 4.02. The minimum atomic E-state index is -0.648. The van der Waals surface area contributed by atoms with Crippen LogP contribution in [-0.4, -0.2) is 47.6 Å². The van der Waals surface area contributed by atoms with Crippen molar-refractivity contribution in [1.29, 1.82) is 0 Å². The molecule has 0 aliphatic heterocycles. The van der Waals surface area contributed by atoms with Gasteiger partial charge < -0.3 is 20.5 Å². The van der Waals surface area contributed by atoms with E-state index in [0.29, 0.717) is 12.5 Å². The molecule has 0 fully saturated rings. The fourth-order valence-electron chi connectivity index (χ4n) is 2.33. The Balaban J connectivity index is 0.00000338. The Bertz CT molecular complexity index is 632. The molecule has 7 nitrogen and oxygen atoms in total. The highest BCUT2D eigenvalue weighted by Gasteiger charge is 2.07. The zero-order chi connectivity index (χ0) is 17.9. The third-order valence-electron chi connectivity index (χ3n) is 3.68. The van der Waals surface area contributed by atoms with Crippen molar-refractivity contribution in [3.8, 4) is 5.75 Å². The SMILES string of the molecule is CCNC(=NCC(O)c1ccc(OC)cc1)NCCCn1cccn1.I. The summed E-state index contributed by atoms with van der Waals surface area (Å²) >= 11 is 0. The van der Waals surface area contributed by atoms with E-state index in [0.717, 1.165) is 37.4 Å². The molecule has 1 aromatic carbocycles. The first kappa shape index (κ1) is 22.2. The number of nitrogens with one attached hydrogen (secondary N) is 2. The smallest absolute Gasteiger partial charge is 0.191 e. The Labute approximate surface area is 171 Å². The van der Waals surface area contributed by atoms with Crippen LogP contribution in [0.2, 0.25) is 0 Å². The Morgan fingerprint density at radius 2 is 2.08 bits per heavy atom. The Kier molecular flexibility index (Phi) is 10.7. The maximum absolute atomic E-state index is 10.3. The van der Waals surface area contributed by atoms with E-state index in [1.165, 1.54) is 0 Å². The number of aliphatic imine (C=N–C) groups is 1. The van der Waals surface area contributed by atoms with Crippen LogP contribution in [0.25, 0.3) is 0 Å². The van der Waals surface area contributed by atoms with Crippen molar-refractivity contribution >= 4 is 29.9 Å². The summed E-state index contributed by atoms with van der Waals surface area (Å²) in [6, 6.07) is 9.29. The minimum absolute atomic E-state index is 0. The predicted molar refractivity (Wildman–Crippen MR) is 114 cm³/mol. The van der Waals surface area contributed by atoms with E-state index in [1.54, 1.807) is 13.3 Å². The molecule has 8 heteroatoms. The second-order valence-corrected chi connectivity index (χ2v) is 5.56. The maximum atomic E-state index is 10.3. The van der Waals surface area contributed by atoms with Gasteiger partial charge in [0, 0.05) is 32.0 Å². The third-order valence-corrected chi connectivity index (χ3v) is 3.68. The van der Waals surface area contributed by atoms with Crippen molar-refractivity contribution in [3.63, 3.8) is 0 Å². The fraction of sp³-hybridized carbons (Fsp3) is 0.444. The molecule has 1 heterocycles. The number of guanidine groups is 1. The number of halogens is 1. The molecule has 0 radical (unpaired) electrons. The zero-order valence-electron chi connectivity index (χ0n) is 15.3. The maximum Gasteiger partial charge on any atom is 0.191 e. The standard InChI is InChI=1S/C18H27N5O2.HI/c1-3-19-18(20-10-4-12-23-13-5-11-22-23)21-14-17(24)15-6-8-16(25-2)9-7-15;/h5-9,11,13,17,24H,3-4,10,12,14H2,1-2H3,(H2,19,20,21);1H. The highest BCUT2D eigenvalue weighted by molar-refractivity contribution is 14.0. The summed E-state index contributed by atoms with van der Waals surface area (Å²) in [5.41, 5.74) is 0.819. The number of ether oxygens (including phenoxy) is 1. The van der Waals surface area contributed by atoms with Gasteiger partial charge in [0.1, 0.15) is 5.75 Å². The molecule has 0 amide bonds. The van der Waals surface area contributed by atoms with Crippen LogP contribution in [0.3, 0.4) is 0 Å².